The van der Waals surface area contributed by atoms with E-state index in [9.17, 15) is 18.3 Å². The third-order valence-electron chi connectivity index (χ3n) is 4.68. The fraction of sp³-hybridized carbons (Fsp3) is 0.923. The predicted octanol–water partition coefficient (Wildman–Crippen LogP) is 0.597. The van der Waals surface area contributed by atoms with Crippen LogP contribution in [0.4, 0.5) is 0 Å². The molecule has 2 aliphatic heterocycles. The summed E-state index contributed by atoms with van der Waals surface area (Å²) < 4.78 is 24.8. The molecule has 2 aliphatic rings. The molecule has 0 saturated carbocycles. The Bertz CT molecular complexity index is 479. The van der Waals surface area contributed by atoms with Gasteiger partial charge in [-0.1, -0.05) is 0 Å². The molecule has 0 aromatic carbocycles. The van der Waals surface area contributed by atoms with E-state index < -0.39 is 21.5 Å². The summed E-state index contributed by atoms with van der Waals surface area (Å²) >= 11 is 0. The van der Waals surface area contributed by atoms with E-state index in [0.717, 1.165) is 25.8 Å². The normalized spacial score (nSPS) is 33.4. The van der Waals surface area contributed by atoms with Crippen molar-refractivity contribution in [3.8, 4) is 0 Å². The number of carboxylic acids is 1. The minimum atomic E-state index is -3.14. The van der Waals surface area contributed by atoms with Gasteiger partial charge in [0.15, 0.2) is 0 Å². The van der Waals surface area contributed by atoms with Crippen LogP contribution in [-0.4, -0.2) is 66.7 Å². The monoisotopic (exact) mass is 304 g/mol. The van der Waals surface area contributed by atoms with Crippen LogP contribution >= 0.6 is 0 Å². The lowest BCUT2D eigenvalue weighted by molar-refractivity contribution is -0.149. The maximum Gasteiger partial charge on any atom is 0.323 e. The molecule has 0 radical (unpaired) electrons. The minimum absolute atomic E-state index is 0.232. The third kappa shape index (κ3) is 3.15. The first kappa shape index (κ1) is 15.7. The molecule has 2 rings (SSSR count). The van der Waals surface area contributed by atoms with Crippen molar-refractivity contribution in [2.24, 2.45) is 5.92 Å². The third-order valence-corrected chi connectivity index (χ3v) is 5.95. The van der Waals surface area contributed by atoms with Crippen LogP contribution in [0.1, 0.15) is 32.6 Å². The predicted molar refractivity (Wildman–Crippen MR) is 76.0 cm³/mol. The summed E-state index contributed by atoms with van der Waals surface area (Å²) in [5.74, 6) is -0.541. The summed E-state index contributed by atoms with van der Waals surface area (Å²) in [6.45, 7) is 4.35. The molecule has 0 amide bonds. The number of piperidine rings is 1. The van der Waals surface area contributed by atoms with Crippen molar-refractivity contribution in [3.63, 3.8) is 0 Å². The summed E-state index contributed by atoms with van der Waals surface area (Å²) in [4.78, 5) is 13.5. The van der Waals surface area contributed by atoms with Gasteiger partial charge in [0.05, 0.1) is 6.26 Å². The number of carbonyl (C=O) groups is 1. The van der Waals surface area contributed by atoms with Gasteiger partial charge in [-0.05, 0) is 45.1 Å². The van der Waals surface area contributed by atoms with Crippen molar-refractivity contribution in [1.29, 1.82) is 0 Å². The molecule has 2 fully saturated rings. The fourth-order valence-corrected chi connectivity index (χ4v) is 4.29. The number of nitrogens with zero attached hydrogens (tertiary/aromatic N) is 2. The molecule has 0 aliphatic carbocycles. The number of hydrogen-bond donors (Lipinski definition) is 1. The van der Waals surface area contributed by atoms with E-state index in [-0.39, 0.29) is 5.92 Å². The maximum absolute atomic E-state index is 11.6. The van der Waals surface area contributed by atoms with Gasteiger partial charge in [0.2, 0.25) is 10.0 Å². The van der Waals surface area contributed by atoms with Crippen LogP contribution < -0.4 is 0 Å². The van der Waals surface area contributed by atoms with Gasteiger partial charge in [-0.2, -0.15) is 0 Å². The molecule has 0 spiro atoms. The molecule has 2 atom stereocenters. The lowest BCUT2D eigenvalue weighted by atomic mass is 9.95. The second-order valence-corrected chi connectivity index (χ2v) is 8.24. The Kier molecular flexibility index (Phi) is 4.41. The number of carboxylic acid groups (broad SMARTS) is 1. The van der Waals surface area contributed by atoms with Gasteiger partial charge in [0.1, 0.15) is 5.54 Å². The van der Waals surface area contributed by atoms with Crippen molar-refractivity contribution >= 4 is 16.0 Å². The Morgan fingerprint density at radius 1 is 1.35 bits per heavy atom. The van der Waals surface area contributed by atoms with Gasteiger partial charge in [-0.15, -0.1) is 0 Å². The van der Waals surface area contributed by atoms with E-state index in [1.165, 1.54) is 10.6 Å². The highest BCUT2D eigenvalue weighted by Gasteiger charge is 2.44. The van der Waals surface area contributed by atoms with Crippen LogP contribution in [0, 0.1) is 5.92 Å². The maximum atomic E-state index is 11.6. The SMILES string of the molecule is CC1(C(=O)O)CCCN1CC1CCCN(S(C)(=O)=O)C1. The van der Waals surface area contributed by atoms with Crippen LogP contribution in [0.2, 0.25) is 0 Å². The fourth-order valence-electron chi connectivity index (χ4n) is 3.34. The van der Waals surface area contributed by atoms with Gasteiger partial charge in [-0.3, -0.25) is 9.69 Å². The van der Waals surface area contributed by atoms with Crippen molar-refractivity contribution in [2.75, 3.05) is 32.4 Å². The summed E-state index contributed by atoms with van der Waals surface area (Å²) in [5, 5.41) is 9.41. The highest BCUT2D eigenvalue weighted by atomic mass is 32.2. The Hall–Kier alpha value is -0.660. The molecule has 0 bridgehead atoms. The highest BCUT2D eigenvalue weighted by molar-refractivity contribution is 7.88. The highest BCUT2D eigenvalue weighted by Crippen LogP contribution is 2.31. The topological polar surface area (TPSA) is 77.9 Å². The lowest BCUT2D eigenvalue weighted by Crippen LogP contribution is -2.51. The molecule has 2 unspecified atom stereocenters. The largest absolute Gasteiger partial charge is 0.480 e. The molecule has 7 heteroatoms. The van der Waals surface area contributed by atoms with Gasteiger partial charge < -0.3 is 5.11 Å². The molecule has 6 nitrogen and oxygen atoms in total. The Morgan fingerprint density at radius 2 is 2.05 bits per heavy atom. The van der Waals surface area contributed by atoms with Crippen LogP contribution in [-0.2, 0) is 14.8 Å². The second kappa shape index (κ2) is 5.61. The Balaban J connectivity index is 2.01. The average Bonchev–Trinajstić information content (AvgIpc) is 2.72. The summed E-state index contributed by atoms with van der Waals surface area (Å²) in [5.41, 5.74) is -0.784. The smallest absolute Gasteiger partial charge is 0.323 e. The first-order valence-corrected chi connectivity index (χ1v) is 9.02. The van der Waals surface area contributed by atoms with E-state index in [0.29, 0.717) is 26.1 Å². The van der Waals surface area contributed by atoms with E-state index in [2.05, 4.69) is 0 Å². The zero-order valence-corrected chi connectivity index (χ0v) is 13.0. The van der Waals surface area contributed by atoms with E-state index in [1.54, 1.807) is 6.92 Å². The van der Waals surface area contributed by atoms with Gasteiger partial charge in [0, 0.05) is 19.6 Å². The van der Waals surface area contributed by atoms with Crippen LogP contribution in [0.3, 0.4) is 0 Å². The molecular weight excluding hydrogens is 280 g/mol. The molecule has 116 valence electrons. The van der Waals surface area contributed by atoms with Crippen LogP contribution in [0.15, 0.2) is 0 Å². The van der Waals surface area contributed by atoms with Crippen molar-refractivity contribution in [1.82, 2.24) is 9.21 Å². The van der Waals surface area contributed by atoms with Gasteiger partial charge in [0.25, 0.3) is 0 Å². The van der Waals surface area contributed by atoms with Crippen molar-refractivity contribution in [3.05, 3.63) is 0 Å². The van der Waals surface area contributed by atoms with Crippen molar-refractivity contribution < 1.29 is 18.3 Å². The number of aliphatic carboxylic acids is 1. The lowest BCUT2D eigenvalue weighted by Gasteiger charge is -2.37. The quantitative estimate of drug-likeness (QED) is 0.823. The number of rotatable bonds is 4. The number of hydrogen-bond acceptors (Lipinski definition) is 4. The van der Waals surface area contributed by atoms with Gasteiger partial charge in [-0.25, -0.2) is 12.7 Å². The van der Waals surface area contributed by atoms with Crippen LogP contribution in [0.25, 0.3) is 0 Å². The zero-order chi connectivity index (χ0) is 15.0. The number of likely N-dealkylation sites (tertiary alicyclic amines) is 1. The van der Waals surface area contributed by atoms with Gasteiger partial charge >= 0.3 is 5.97 Å². The van der Waals surface area contributed by atoms with Crippen molar-refractivity contribution in [2.45, 2.75) is 38.1 Å². The second-order valence-electron chi connectivity index (χ2n) is 6.26. The Labute approximate surface area is 120 Å². The molecular formula is C13H24N2O4S. The van der Waals surface area contributed by atoms with Crippen LogP contribution in [0.5, 0.6) is 0 Å². The molecule has 1 N–H and O–H groups in total. The summed E-state index contributed by atoms with van der Waals surface area (Å²) in [7, 11) is -3.14. The molecule has 20 heavy (non-hydrogen) atoms. The van der Waals surface area contributed by atoms with E-state index in [4.69, 9.17) is 0 Å². The molecule has 2 heterocycles. The summed E-state index contributed by atoms with van der Waals surface area (Å²) in [6, 6.07) is 0. The van der Waals surface area contributed by atoms with E-state index >= 15 is 0 Å². The Morgan fingerprint density at radius 3 is 2.65 bits per heavy atom. The van der Waals surface area contributed by atoms with E-state index in [1.807, 2.05) is 4.90 Å². The average molecular weight is 304 g/mol. The molecule has 0 aromatic heterocycles. The standard InChI is InChI=1S/C13H24N2O4S/c1-13(12(16)17)6-4-7-14(13)9-11-5-3-8-15(10-11)20(2,18)19/h11H,3-10H2,1-2H3,(H,16,17). The summed E-state index contributed by atoms with van der Waals surface area (Å²) in [6.07, 6.45) is 4.64. The molecule has 0 aromatic rings. The minimum Gasteiger partial charge on any atom is -0.480 e. The first-order valence-electron chi connectivity index (χ1n) is 7.17. The first-order chi connectivity index (χ1) is 9.23. The zero-order valence-electron chi connectivity index (χ0n) is 12.2. The molecule has 2 saturated heterocycles. The number of sulfonamides is 1.